The number of hydrogen-bond donors (Lipinski definition) is 1. The summed E-state index contributed by atoms with van der Waals surface area (Å²) in [5, 5.41) is 18.6. The largest absolute Gasteiger partial charge is 0.478 e. The van der Waals surface area contributed by atoms with Gasteiger partial charge < -0.3 is 19.1 Å². The Kier molecular flexibility index (Phi) is 7.99. The molecule has 2 aromatic heterocycles. The number of benzene rings is 3. The lowest BCUT2D eigenvalue weighted by atomic mass is 10.1. The zero-order valence-electron chi connectivity index (χ0n) is 22.0. The van der Waals surface area contributed by atoms with Crippen molar-refractivity contribution in [3.05, 3.63) is 113 Å². The van der Waals surface area contributed by atoms with Crippen LogP contribution in [0.3, 0.4) is 0 Å². The molecule has 0 aliphatic heterocycles. The zero-order valence-corrected chi connectivity index (χ0v) is 22.0. The molecular weight excluding hydrogens is 530 g/mol. The van der Waals surface area contributed by atoms with Gasteiger partial charge in [-0.05, 0) is 42.0 Å². The Balaban J connectivity index is 1.38. The smallest absolute Gasteiger partial charge is 0.337 e. The molecule has 0 unspecified atom stereocenters. The Morgan fingerprint density at radius 3 is 2.51 bits per heavy atom. The van der Waals surface area contributed by atoms with Crippen molar-refractivity contribution in [3.8, 4) is 23.2 Å². The third kappa shape index (κ3) is 5.90. The van der Waals surface area contributed by atoms with Gasteiger partial charge in [-0.3, -0.25) is 0 Å². The maximum atomic E-state index is 15.4. The number of aromatic carboxylic acids is 1. The molecule has 10 heteroatoms. The second-order valence-electron chi connectivity index (χ2n) is 9.20. The molecule has 0 aliphatic carbocycles. The summed E-state index contributed by atoms with van der Waals surface area (Å²) in [5.41, 5.74) is 2.94. The lowest BCUT2D eigenvalue weighted by Gasteiger charge is -2.11. The van der Waals surface area contributed by atoms with Crippen molar-refractivity contribution in [2.45, 2.75) is 19.6 Å². The molecule has 0 radical (unpaired) electrons. The molecule has 0 amide bonds. The number of ether oxygens (including phenoxy) is 2. The Morgan fingerprint density at radius 2 is 1.78 bits per heavy atom. The Bertz CT molecular complexity index is 1800. The van der Waals surface area contributed by atoms with Crippen molar-refractivity contribution in [2.24, 2.45) is 0 Å². The summed E-state index contributed by atoms with van der Waals surface area (Å²) in [4.78, 5) is 20.9. The van der Waals surface area contributed by atoms with Crippen LogP contribution in [0.5, 0.6) is 5.88 Å². The monoisotopic (exact) mass is 554 g/mol. The van der Waals surface area contributed by atoms with E-state index in [1.54, 1.807) is 54.1 Å². The van der Waals surface area contributed by atoms with Crippen LogP contribution in [0.15, 0.2) is 72.8 Å². The van der Waals surface area contributed by atoms with Gasteiger partial charge in [0.1, 0.15) is 24.1 Å². The molecule has 41 heavy (non-hydrogen) atoms. The van der Waals surface area contributed by atoms with Crippen molar-refractivity contribution in [1.82, 2.24) is 14.5 Å². The molecule has 1 N–H and O–H groups in total. The van der Waals surface area contributed by atoms with Crippen molar-refractivity contribution >= 4 is 17.0 Å². The Hall–Kier alpha value is -5.14. The minimum absolute atomic E-state index is 0.0883. The highest BCUT2D eigenvalue weighted by molar-refractivity contribution is 6.01. The van der Waals surface area contributed by atoms with E-state index in [2.05, 4.69) is 9.97 Å². The summed E-state index contributed by atoms with van der Waals surface area (Å²) >= 11 is 0. The van der Waals surface area contributed by atoms with Gasteiger partial charge in [0.15, 0.2) is 0 Å². The summed E-state index contributed by atoms with van der Waals surface area (Å²) in [6.07, 6.45) is 0.135. The molecule has 0 saturated heterocycles. The van der Waals surface area contributed by atoms with E-state index in [1.165, 1.54) is 24.3 Å². The maximum absolute atomic E-state index is 15.4. The molecule has 0 aliphatic rings. The number of carboxylic acids is 1. The first kappa shape index (κ1) is 27.4. The number of halogens is 2. The second kappa shape index (κ2) is 11.9. The number of rotatable bonds is 10. The molecular formula is C31H24F2N4O4. The summed E-state index contributed by atoms with van der Waals surface area (Å²) in [5.74, 6) is -1.35. The second-order valence-corrected chi connectivity index (χ2v) is 9.20. The number of pyridine rings is 1. The van der Waals surface area contributed by atoms with Gasteiger partial charge >= 0.3 is 5.97 Å². The molecule has 0 saturated carbocycles. The highest BCUT2D eigenvalue weighted by atomic mass is 19.1. The fourth-order valence-electron chi connectivity index (χ4n) is 4.53. The number of fused-ring (bicyclic) bond motifs is 1. The first-order chi connectivity index (χ1) is 19.9. The lowest BCUT2D eigenvalue weighted by Crippen LogP contribution is -2.11. The molecule has 206 valence electrons. The highest BCUT2D eigenvalue weighted by Crippen LogP contribution is 2.27. The normalized spacial score (nSPS) is 11.0. The van der Waals surface area contributed by atoms with Crippen molar-refractivity contribution in [1.29, 1.82) is 5.26 Å². The van der Waals surface area contributed by atoms with Crippen LogP contribution < -0.4 is 4.74 Å². The molecule has 8 nitrogen and oxygen atoms in total. The lowest BCUT2D eigenvalue weighted by molar-refractivity contribution is 0.0698. The first-order valence-electron chi connectivity index (χ1n) is 12.7. The van der Waals surface area contributed by atoms with Gasteiger partial charge in [-0.1, -0.05) is 30.3 Å². The van der Waals surface area contributed by atoms with Crippen molar-refractivity contribution < 1.29 is 28.2 Å². The summed E-state index contributed by atoms with van der Waals surface area (Å²) in [6, 6.07) is 20.7. The minimum atomic E-state index is -1.07. The topological polar surface area (TPSA) is 110 Å². The number of para-hydroxylation sites is 1. The van der Waals surface area contributed by atoms with Crippen LogP contribution in [0.4, 0.5) is 8.78 Å². The van der Waals surface area contributed by atoms with Crippen LogP contribution in [-0.2, 0) is 24.3 Å². The number of hydrogen-bond acceptors (Lipinski definition) is 6. The van der Waals surface area contributed by atoms with Gasteiger partial charge in [-0.15, -0.1) is 0 Å². The average Bonchev–Trinajstić information content (AvgIpc) is 3.33. The third-order valence-electron chi connectivity index (χ3n) is 6.57. The quantitative estimate of drug-likeness (QED) is 0.234. The number of imidazole rings is 1. The van der Waals surface area contributed by atoms with Crippen LogP contribution >= 0.6 is 0 Å². The predicted octanol–water partition coefficient (Wildman–Crippen LogP) is 5.76. The van der Waals surface area contributed by atoms with E-state index in [-0.39, 0.29) is 35.6 Å². The van der Waals surface area contributed by atoms with E-state index in [4.69, 9.17) is 14.7 Å². The van der Waals surface area contributed by atoms with E-state index in [0.29, 0.717) is 46.8 Å². The van der Waals surface area contributed by atoms with E-state index >= 15 is 4.39 Å². The van der Waals surface area contributed by atoms with E-state index in [0.717, 1.165) is 6.07 Å². The number of carboxylic acid groups (broad SMARTS) is 1. The van der Waals surface area contributed by atoms with Crippen molar-refractivity contribution in [3.63, 3.8) is 0 Å². The number of carbonyl (C=O) groups is 1. The van der Waals surface area contributed by atoms with E-state index < -0.39 is 17.6 Å². The van der Waals surface area contributed by atoms with Gasteiger partial charge in [-0.25, -0.2) is 23.5 Å². The third-order valence-corrected chi connectivity index (χ3v) is 6.57. The fourth-order valence-corrected chi connectivity index (χ4v) is 4.53. The molecule has 0 spiro atoms. The maximum Gasteiger partial charge on any atom is 0.337 e. The van der Waals surface area contributed by atoms with Crippen LogP contribution in [-0.4, -0.2) is 39.3 Å². The Morgan fingerprint density at radius 1 is 1.00 bits per heavy atom. The van der Waals surface area contributed by atoms with Gasteiger partial charge in [0.2, 0.25) is 5.88 Å². The molecule has 0 fully saturated rings. The summed E-state index contributed by atoms with van der Waals surface area (Å²) in [7, 11) is 1.55. The Labute approximate surface area is 234 Å². The number of nitriles is 1. The van der Waals surface area contributed by atoms with E-state index in [1.807, 2.05) is 6.07 Å². The molecule has 5 rings (SSSR count). The molecule has 0 bridgehead atoms. The van der Waals surface area contributed by atoms with Gasteiger partial charge in [-0.2, -0.15) is 5.26 Å². The molecule has 5 aromatic rings. The predicted molar refractivity (Wildman–Crippen MR) is 146 cm³/mol. The SMILES string of the molecule is COCCn1c(Cc2ccc(-c3cccc(OCc4ccc(C#N)cc4F)n3)cc2F)nc2cccc(C(=O)O)c21. The fraction of sp³-hybridized carbons (Fsp3) is 0.161. The summed E-state index contributed by atoms with van der Waals surface area (Å²) < 4.78 is 42.2. The van der Waals surface area contributed by atoms with Gasteiger partial charge in [0, 0.05) is 37.3 Å². The zero-order chi connectivity index (χ0) is 28.9. The van der Waals surface area contributed by atoms with Gasteiger partial charge in [0.05, 0.1) is 40.5 Å². The minimum Gasteiger partial charge on any atom is -0.478 e. The van der Waals surface area contributed by atoms with Crippen LogP contribution in [0.25, 0.3) is 22.3 Å². The summed E-state index contributed by atoms with van der Waals surface area (Å²) in [6.45, 7) is 0.597. The average molecular weight is 555 g/mol. The number of nitrogens with zero attached hydrogens (tertiary/aromatic N) is 4. The number of methoxy groups -OCH3 is 1. The molecule has 3 aromatic carbocycles. The molecule has 0 atom stereocenters. The van der Waals surface area contributed by atoms with E-state index in [9.17, 15) is 14.3 Å². The van der Waals surface area contributed by atoms with Crippen molar-refractivity contribution in [2.75, 3.05) is 13.7 Å². The standard InChI is InChI=1S/C31H24F2N4O4/c1-40-13-12-37-28(35-27-6-2-4-23(30(27)37)31(38)39)16-20-10-11-21(15-25(20)33)26-5-3-7-29(36-26)41-18-22-9-8-19(17-34)14-24(22)32/h2-11,14-15H,12-13,16,18H2,1H3,(H,38,39). The van der Waals surface area contributed by atoms with Gasteiger partial charge in [0.25, 0.3) is 0 Å². The van der Waals surface area contributed by atoms with Crippen LogP contribution in [0.1, 0.15) is 32.9 Å². The van der Waals surface area contributed by atoms with Crippen LogP contribution in [0.2, 0.25) is 0 Å². The first-order valence-corrected chi connectivity index (χ1v) is 12.7. The number of aromatic nitrogens is 3. The van der Waals surface area contributed by atoms with Crippen LogP contribution in [0, 0.1) is 23.0 Å². The highest BCUT2D eigenvalue weighted by Gasteiger charge is 2.19. The molecule has 2 heterocycles.